The Labute approximate surface area is 250 Å². The third-order valence-corrected chi connectivity index (χ3v) is 7.35. The maximum absolute atomic E-state index is 14.0. The van der Waals surface area contributed by atoms with Crippen LogP contribution in [0.15, 0.2) is 71.5 Å². The highest BCUT2D eigenvalue weighted by molar-refractivity contribution is 5.95. The Morgan fingerprint density at radius 2 is 1.45 bits per heavy atom. The first-order valence-electron chi connectivity index (χ1n) is 14.0. The van der Waals surface area contributed by atoms with Crippen molar-refractivity contribution in [3.05, 3.63) is 105 Å². The van der Waals surface area contributed by atoms with Gasteiger partial charge in [-0.25, -0.2) is 4.98 Å². The molecule has 0 fully saturated rings. The molecule has 1 amide bonds. The van der Waals surface area contributed by atoms with Gasteiger partial charge in [-0.3, -0.25) is 14.2 Å². The number of rotatable bonds is 9. The Balaban J connectivity index is 1.97. The second-order valence-corrected chi connectivity index (χ2v) is 10.7. The molecule has 1 unspecified atom stereocenters. The molecule has 0 N–H and O–H groups in total. The highest BCUT2D eigenvalue weighted by atomic mass is 19.4. The SMILES string of the molecule is CCc1ccc(-n2c(C(CC)N(CCN(C)C)C(=O)c3cc(C(F)(F)F)cc(C(F)(F)F)c3)nc3ccccc3c2=O)cc1. The summed E-state index contributed by atoms with van der Waals surface area (Å²) in [6, 6.07) is 13.6. The number of halogens is 6. The van der Waals surface area contributed by atoms with E-state index in [1.54, 1.807) is 62.3 Å². The number of likely N-dealkylation sites (N-methyl/N-ethyl adjacent to an activating group) is 1. The van der Waals surface area contributed by atoms with Gasteiger partial charge in [-0.05, 0) is 75.0 Å². The maximum Gasteiger partial charge on any atom is 0.416 e. The van der Waals surface area contributed by atoms with Crippen molar-refractivity contribution in [2.45, 2.75) is 45.1 Å². The van der Waals surface area contributed by atoms with Gasteiger partial charge in [0.25, 0.3) is 11.5 Å². The van der Waals surface area contributed by atoms with Crippen molar-refractivity contribution in [3.8, 4) is 5.69 Å². The molecule has 12 heteroatoms. The van der Waals surface area contributed by atoms with Gasteiger partial charge >= 0.3 is 12.4 Å². The van der Waals surface area contributed by atoms with E-state index < -0.39 is 46.6 Å². The van der Waals surface area contributed by atoms with Gasteiger partial charge < -0.3 is 9.80 Å². The van der Waals surface area contributed by atoms with E-state index in [0.29, 0.717) is 28.7 Å². The molecule has 4 rings (SSSR count). The zero-order valence-electron chi connectivity index (χ0n) is 24.6. The number of aromatic nitrogens is 2. The zero-order valence-corrected chi connectivity index (χ0v) is 24.6. The van der Waals surface area contributed by atoms with E-state index in [2.05, 4.69) is 0 Å². The number of carbonyl (C=O) groups is 1. The first-order chi connectivity index (χ1) is 20.6. The molecular weight excluding hydrogens is 586 g/mol. The number of amides is 1. The topological polar surface area (TPSA) is 58.4 Å². The van der Waals surface area contributed by atoms with Crippen molar-refractivity contribution in [2.75, 3.05) is 27.2 Å². The molecule has 1 atom stereocenters. The summed E-state index contributed by atoms with van der Waals surface area (Å²) in [7, 11) is 3.43. The number of nitrogens with zero attached hydrogens (tertiary/aromatic N) is 4. The lowest BCUT2D eigenvalue weighted by Gasteiger charge is -2.33. The third kappa shape index (κ3) is 6.96. The molecule has 4 aromatic rings. The van der Waals surface area contributed by atoms with Crippen LogP contribution in [0.4, 0.5) is 26.3 Å². The smallest absolute Gasteiger partial charge is 0.327 e. The quantitative estimate of drug-likeness (QED) is 0.187. The molecule has 1 heterocycles. The lowest BCUT2D eigenvalue weighted by molar-refractivity contribution is -0.143. The normalized spacial score (nSPS) is 13.0. The molecule has 44 heavy (non-hydrogen) atoms. The molecule has 6 nitrogen and oxygen atoms in total. The predicted molar refractivity (Wildman–Crippen MR) is 156 cm³/mol. The van der Waals surface area contributed by atoms with Gasteiger partial charge in [0.1, 0.15) is 5.82 Å². The largest absolute Gasteiger partial charge is 0.416 e. The van der Waals surface area contributed by atoms with E-state index in [0.717, 1.165) is 12.0 Å². The molecule has 1 aromatic heterocycles. The molecule has 0 saturated carbocycles. The Hall–Kier alpha value is -4.19. The summed E-state index contributed by atoms with van der Waals surface area (Å²) in [6.07, 6.45) is -9.35. The Morgan fingerprint density at radius 3 is 1.98 bits per heavy atom. The Morgan fingerprint density at radius 1 is 0.864 bits per heavy atom. The highest BCUT2D eigenvalue weighted by Gasteiger charge is 2.39. The number of fused-ring (bicyclic) bond motifs is 1. The minimum atomic E-state index is -5.13. The lowest BCUT2D eigenvalue weighted by atomic mass is 10.0. The van der Waals surface area contributed by atoms with Gasteiger partial charge in [-0.1, -0.05) is 38.1 Å². The molecular formula is C32H32F6N4O2. The molecule has 0 bridgehead atoms. The van der Waals surface area contributed by atoms with Crippen LogP contribution in [0.3, 0.4) is 0 Å². The summed E-state index contributed by atoms with van der Waals surface area (Å²) in [5, 5.41) is 0.310. The second kappa shape index (κ2) is 12.8. The minimum absolute atomic E-state index is 0.0131. The van der Waals surface area contributed by atoms with Gasteiger partial charge in [-0.2, -0.15) is 26.3 Å². The average Bonchev–Trinajstić information content (AvgIpc) is 2.98. The van der Waals surface area contributed by atoms with Crippen LogP contribution in [-0.2, 0) is 18.8 Å². The molecule has 0 aliphatic heterocycles. The molecule has 0 radical (unpaired) electrons. The van der Waals surface area contributed by atoms with Gasteiger partial charge in [-0.15, -0.1) is 0 Å². The Bertz CT molecular complexity index is 1660. The summed E-state index contributed by atoms with van der Waals surface area (Å²) >= 11 is 0. The number of benzene rings is 3. The van der Waals surface area contributed by atoms with Gasteiger partial charge in [0.2, 0.25) is 0 Å². The van der Waals surface area contributed by atoms with E-state index in [1.807, 2.05) is 19.1 Å². The zero-order chi connectivity index (χ0) is 32.4. The van der Waals surface area contributed by atoms with Crippen LogP contribution < -0.4 is 5.56 Å². The number of carbonyl (C=O) groups excluding carboxylic acids is 1. The summed E-state index contributed by atoms with van der Waals surface area (Å²) in [4.78, 5) is 35.6. The second-order valence-electron chi connectivity index (χ2n) is 10.7. The fourth-order valence-corrected chi connectivity index (χ4v) is 5.00. The van der Waals surface area contributed by atoms with Crippen molar-refractivity contribution in [2.24, 2.45) is 0 Å². The van der Waals surface area contributed by atoms with E-state index >= 15 is 0 Å². The number of hydrogen-bond acceptors (Lipinski definition) is 4. The summed E-state index contributed by atoms with van der Waals surface area (Å²) < 4.78 is 83.5. The molecule has 0 saturated heterocycles. The predicted octanol–water partition coefficient (Wildman–Crippen LogP) is 7.14. The molecule has 0 spiro atoms. The number of alkyl halides is 6. The third-order valence-electron chi connectivity index (χ3n) is 7.35. The fraction of sp³-hybridized carbons (Fsp3) is 0.344. The maximum atomic E-state index is 14.0. The standard InChI is InChI=1S/C32H32F6N4O2/c1-5-20-11-13-24(14-12-20)42-28(39-26-10-8-7-9-25(26)30(42)44)27(6-2)41(16-15-40(3)4)29(43)21-17-22(31(33,34)35)19-23(18-21)32(36,37)38/h7-14,17-19,27H,5-6,15-16H2,1-4H3. The first kappa shape index (κ1) is 32.7. The van der Waals surface area contributed by atoms with Crippen LogP contribution in [0.25, 0.3) is 16.6 Å². The summed E-state index contributed by atoms with van der Waals surface area (Å²) in [6.45, 7) is 3.85. The van der Waals surface area contributed by atoms with E-state index in [-0.39, 0.29) is 31.4 Å². The fourth-order valence-electron chi connectivity index (χ4n) is 5.00. The minimum Gasteiger partial charge on any atom is -0.327 e. The van der Waals surface area contributed by atoms with Crippen LogP contribution in [0, 0.1) is 0 Å². The Kier molecular flexibility index (Phi) is 9.53. The van der Waals surface area contributed by atoms with E-state index in [1.165, 1.54) is 9.47 Å². The van der Waals surface area contributed by atoms with Gasteiger partial charge in [0, 0.05) is 18.7 Å². The summed E-state index contributed by atoms with van der Waals surface area (Å²) in [5.74, 6) is -0.916. The molecule has 0 aliphatic rings. The van der Waals surface area contributed by atoms with Crippen molar-refractivity contribution >= 4 is 16.8 Å². The molecule has 234 valence electrons. The van der Waals surface area contributed by atoms with Crippen LogP contribution in [0.1, 0.15) is 59.2 Å². The molecule has 0 aliphatic carbocycles. The first-order valence-corrected chi connectivity index (χ1v) is 14.0. The van der Waals surface area contributed by atoms with Crippen LogP contribution >= 0.6 is 0 Å². The van der Waals surface area contributed by atoms with Crippen LogP contribution in [0.5, 0.6) is 0 Å². The van der Waals surface area contributed by atoms with Crippen LogP contribution in [0.2, 0.25) is 0 Å². The van der Waals surface area contributed by atoms with E-state index in [4.69, 9.17) is 4.98 Å². The number of hydrogen-bond donors (Lipinski definition) is 0. The molecule has 3 aromatic carbocycles. The van der Waals surface area contributed by atoms with Crippen molar-refractivity contribution in [1.82, 2.24) is 19.4 Å². The lowest BCUT2D eigenvalue weighted by Crippen LogP contribution is -2.42. The highest BCUT2D eigenvalue weighted by Crippen LogP contribution is 2.37. The number of para-hydroxylation sites is 1. The van der Waals surface area contributed by atoms with Crippen molar-refractivity contribution in [1.29, 1.82) is 0 Å². The monoisotopic (exact) mass is 618 g/mol. The van der Waals surface area contributed by atoms with E-state index in [9.17, 15) is 35.9 Å². The number of aryl methyl sites for hydroxylation is 1. The average molecular weight is 619 g/mol. The van der Waals surface area contributed by atoms with Crippen LogP contribution in [-0.4, -0.2) is 52.4 Å². The summed E-state index contributed by atoms with van der Waals surface area (Å²) in [5.41, 5.74) is -2.57. The van der Waals surface area contributed by atoms with Crippen molar-refractivity contribution < 1.29 is 31.1 Å². The van der Waals surface area contributed by atoms with Crippen molar-refractivity contribution in [3.63, 3.8) is 0 Å². The van der Waals surface area contributed by atoms with Gasteiger partial charge in [0.05, 0.1) is 33.8 Å². The van der Waals surface area contributed by atoms with Gasteiger partial charge in [0.15, 0.2) is 0 Å².